The zero-order chi connectivity index (χ0) is 13.2. The SMILES string of the molecule is CCNCc1sccc1S(=O)(=O)NC1(C)CCC1. The summed E-state index contributed by atoms with van der Waals surface area (Å²) in [6, 6.07) is 1.70. The van der Waals surface area contributed by atoms with Crippen molar-refractivity contribution in [1.29, 1.82) is 0 Å². The average Bonchev–Trinajstić information content (AvgIpc) is 2.72. The predicted octanol–water partition coefficient (Wildman–Crippen LogP) is 2.08. The molecule has 0 radical (unpaired) electrons. The van der Waals surface area contributed by atoms with Crippen molar-refractivity contribution >= 4 is 21.4 Å². The molecule has 1 aliphatic rings. The Balaban J connectivity index is 2.16. The van der Waals surface area contributed by atoms with Crippen molar-refractivity contribution in [2.24, 2.45) is 0 Å². The molecule has 1 fully saturated rings. The van der Waals surface area contributed by atoms with Crippen molar-refractivity contribution in [3.63, 3.8) is 0 Å². The molecule has 2 N–H and O–H groups in total. The molecule has 102 valence electrons. The van der Waals surface area contributed by atoms with E-state index in [4.69, 9.17) is 0 Å². The lowest BCUT2D eigenvalue weighted by Crippen LogP contribution is -2.50. The predicted molar refractivity (Wildman–Crippen MR) is 74.3 cm³/mol. The Morgan fingerprint density at radius 3 is 2.72 bits per heavy atom. The van der Waals surface area contributed by atoms with Gasteiger partial charge in [0.05, 0.1) is 4.90 Å². The first-order chi connectivity index (χ1) is 8.47. The molecule has 1 aliphatic carbocycles. The third kappa shape index (κ3) is 2.93. The topological polar surface area (TPSA) is 58.2 Å². The zero-order valence-corrected chi connectivity index (χ0v) is 12.5. The highest BCUT2D eigenvalue weighted by molar-refractivity contribution is 7.89. The van der Waals surface area contributed by atoms with Gasteiger partial charge in [-0.05, 0) is 44.2 Å². The molecule has 4 nitrogen and oxygen atoms in total. The van der Waals surface area contributed by atoms with Crippen LogP contribution in [0.5, 0.6) is 0 Å². The van der Waals surface area contributed by atoms with Crippen LogP contribution in [0.3, 0.4) is 0 Å². The van der Waals surface area contributed by atoms with Crippen LogP contribution < -0.4 is 10.0 Å². The minimum atomic E-state index is -3.38. The second-order valence-electron chi connectivity index (χ2n) is 5.01. The first-order valence-electron chi connectivity index (χ1n) is 6.28. The van der Waals surface area contributed by atoms with Crippen molar-refractivity contribution in [3.8, 4) is 0 Å². The molecule has 0 spiro atoms. The van der Waals surface area contributed by atoms with Gasteiger partial charge in [-0.1, -0.05) is 6.92 Å². The van der Waals surface area contributed by atoms with Crippen molar-refractivity contribution in [2.45, 2.75) is 50.1 Å². The molecule has 0 saturated heterocycles. The van der Waals surface area contributed by atoms with Crippen LogP contribution in [0.15, 0.2) is 16.3 Å². The number of thiophene rings is 1. The van der Waals surface area contributed by atoms with Gasteiger partial charge in [0.15, 0.2) is 0 Å². The number of hydrogen-bond donors (Lipinski definition) is 2. The van der Waals surface area contributed by atoms with Crippen molar-refractivity contribution in [3.05, 3.63) is 16.3 Å². The average molecular weight is 288 g/mol. The number of hydrogen-bond acceptors (Lipinski definition) is 4. The highest BCUT2D eigenvalue weighted by atomic mass is 32.2. The fraction of sp³-hybridized carbons (Fsp3) is 0.667. The third-order valence-corrected chi connectivity index (χ3v) is 6.14. The molecule has 0 amide bonds. The lowest BCUT2D eigenvalue weighted by Gasteiger charge is -2.38. The lowest BCUT2D eigenvalue weighted by molar-refractivity contribution is 0.248. The van der Waals surface area contributed by atoms with E-state index in [1.807, 2.05) is 19.2 Å². The normalized spacial score (nSPS) is 18.6. The summed E-state index contributed by atoms with van der Waals surface area (Å²) in [7, 11) is -3.38. The van der Waals surface area contributed by atoms with E-state index in [0.29, 0.717) is 11.4 Å². The fourth-order valence-corrected chi connectivity index (χ4v) is 5.00. The number of nitrogens with one attached hydrogen (secondary N) is 2. The monoisotopic (exact) mass is 288 g/mol. The van der Waals surface area contributed by atoms with Crippen LogP contribution in [0, 0.1) is 0 Å². The van der Waals surface area contributed by atoms with Gasteiger partial charge in [-0.15, -0.1) is 11.3 Å². The summed E-state index contributed by atoms with van der Waals surface area (Å²) < 4.78 is 27.5. The summed E-state index contributed by atoms with van der Waals surface area (Å²) >= 11 is 1.49. The van der Waals surface area contributed by atoms with Gasteiger partial charge in [-0.2, -0.15) is 0 Å². The summed E-state index contributed by atoms with van der Waals surface area (Å²) in [6.07, 6.45) is 2.96. The molecule has 6 heteroatoms. The van der Waals surface area contributed by atoms with Gasteiger partial charge in [0.2, 0.25) is 10.0 Å². The van der Waals surface area contributed by atoms with E-state index >= 15 is 0 Å². The van der Waals surface area contributed by atoms with Gasteiger partial charge in [0.25, 0.3) is 0 Å². The van der Waals surface area contributed by atoms with E-state index in [9.17, 15) is 8.42 Å². The van der Waals surface area contributed by atoms with Gasteiger partial charge >= 0.3 is 0 Å². The van der Waals surface area contributed by atoms with Crippen LogP contribution in [-0.4, -0.2) is 20.5 Å². The molecule has 18 heavy (non-hydrogen) atoms. The molecular weight excluding hydrogens is 268 g/mol. The first-order valence-corrected chi connectivity index (χ1v) is 8.64. The fourth-order valence-electron chi connectivity index (χ4n) is 2.12. The van der Waals surface area contributed by atoms with Crippen LogP contribution >= 0.6 is 11.3 Å². The van der Waals surface area contributed by atoms with Crippen LogP contribution in [-0.2, 0) is 16.6 Å². The van der Waals surface area contributed by atoms with Crippen molar-refractivity contribution in [1.82, 2.24) is 10.0 Å². The lowest BCUT2D eigenvalue weighted by atomic mass is 9.80. The third-order valence-electron chi connectivity index (χ3n) is 3.37. The molecule has 1 aromatic heterocycles. The van der Waals surface area contributed by atoms with E-state index < -0.39 is 10.0 Å². The van der Waals surface area contributed by atoms with E-state index in [1.165, 1.54) is 11.3 Å². The Bertz CT molecular complexity index is 504. The van der Waals surface area contributed by atoms with Gasteiger partial charge in [0, 0.05) is 17.0 Å². The summed E-state index contributed by atoms with van der Waals surface area (Å²) in [4.78, 5) is 1.31. The molecule has 0 aliphatic heterocycles. The Morgan fingerprint density at radius 1 is 1.44 bits per heavy atom. The highest BCUT2D eigenvalue weighted by Crippen LogP contribution is 2.33. The molecule has 1 aromatic rings. The Morgan fingerprint density at radius 2 is 2.17 bits per heavy atom. The molecule has 2 rings (SSSR count). The summed E-state index contributed by atoms with van der Waals surface area (Å²) in [6.45, 7) is 5.43. The summed E-state index contributed by atoms with van der Waals surface area (Å²) in [5.41, 5.74) is -0.240. The summed E-state index contributed by atoms with van der Waals surface area (Å²) in [5, 5.41) is 5.01. The Kier molecular flexibility index (Phi) is 4.11. The van der Waals surface area contributed by atoms with Crippen LogP contribution in [0.4, 0.5) is 0 Å². The quantitative estimate of drug-likeness (QED) is 0.842. The van der Waals surface area contributed by atoms with Crippen LogP contribution in [0.2, 0.25) is 0 Å². The van der Waals surface area contributed by atoms with E-state index in [2.05, 4.69) is 10.0 Å². The van der Waals surface area contributed by atoms with Gasteiger partial charge in [0.1, 0.15) is 0 Å². The van der Waals surface area contributed by atoms with Gasteiger partial charge < -0.3 is 5.32 Å². The van der Waals surface area contributed by atoms with Crippen molar-refractivity contribution < 1.29 is 8.42 Å². The molecule has 0 bridgehead atoms. The smallest absolute Gasteiger partial charge is 0.242 e. The molecule has 0 atom stereocenters. The Hall–Kier alpha value is -0.430. The zero-order valence-electron chi connectivity index (χ0n) is 10.8. The molecule has 1 saturated carbocycles. The highest BCUT2D eigenvalue weighted by Gasteiger charge is 2.36. The maximum absolute atomic E-state index is 12.4. The van der Waals surface area contributed by atoms with E-state index in [-0.39, 0.29) is 5.54 Å². The largest absolute Gasteiger partial charge is 0.312 e. The number of sulfonamides is 1. The minimum Gasteiger partial charge on any atom is -0.312 e. The second kappa shape index (κ2) is 5.28. The molecule has 0 aromatic carbocycles. The first kappa shape index (κ1) is 14.0. The number of rotatable bonds is 6. The molecule has 1 heterocycles. The molecule has 0 unspecified atom stereocenters. The van der Waals surface area contributed by atoms with Gasteiger partial charge in [-0.3, -0.25) is 0 Å². The summed E-state index contributed by atoms with van der Waals surface area (Å²) in [5.74, 6) is 0. The van der Waals surface area contributed by atoms with Gasteiger partial charge in [-0.25, -0.2) is 13.1 Å². The van der Waals surface area contributed by atoms with Crippen LogP contribution in [0.1, 0.15) is 38.0 Å². The standard InChI is InChI=1S/C12H20N2O2S2/c1-3-13-9-10-11(5-8-17-10)18(15,16)14-12(2)6-4-7-12/h5,8,13-14H,3-4,6-7,9H2,1-2H3. The molecular formula is C12H20N2O2S2. The van der Waals surface area contributed by atoms with Crippen LogP contribution in [0.25, 0.3) is 0 Å². The van der Waals surface area contributed by atoms with E-state index in [1.54, 1.807) is 6.07 Å². The maximum Gasteiger partial charge on any atom is 0.242 e. The Labute approximate surface area is 113 Å². The maximum atomic E-state index is 12.4. The van der Waals surface area contributed by atoms with Crippen molar-refractivity contribution in [2.75, 3.05) is 6.54 Å². The minimum absolute atomic E-state index is 0.240. The second-order valence-corrected chi connectivity index (χ2v) is 7.66. The van der Waals surface area contributed by atoms with E-state index in [0.717, 1.165) is 30.7 Å².